The third kappa shape index (κ3) is 3.46. The van der Waals surface area contributed by atoms with Crippen molar-refractivity contribution in [2.24, 2.45) is 0 Å². The minimum atomic E-state index is -0.808. The number of carbonyl (C=O) groups excluding carboxylic acids is 1. The van der Waals surface area contributed by atoms with E-state index in [2.05, 4.69) is 11.9 Å². The lowest BCUT2D eigenvalue weighted by Crippen LogP contribution is -2.43. The van der Waals surface area contributed by atoms with Crippen molar-refractivity contribution in [3.8, 4) is 5.75 Å². The Morgan fingerprint density at radius 2 is 1.78 bits per heavy atom. The second-order valence-electron chi connectivity index (χ2n) is 7.63. The minimum absolute atomic E-state index is 0.00868. The van der Waals surface area contributed by atoms with Gasteiger partial charge in [-0.15, -0.1) is 0 Å². The van der Waals surface area contributed by atoms with E-state index in [0.29, 0.717) is 13.0 Å². The van der Waals surface area contributed by atoms with Crippen LogP contribution < -0.4 is 4.74 Å². The molecule has 2 heterocycles. The first-order chi connectivity index (χ1) is 13.2. The molecule has 4 heteroatoms. The first kappa shape index (κ1) is 18.1. The number of fused-ring (bicyclic) bond motifs is 1. The first-order valence-electron chi connectivity index (χ1n) is 9.87. The highest BCUT2D eigenvalue weighted by Crippen LogP contribution is 2.44. The molecule has 27 heavy (non-hydrogen) atoms. The Balaban J connectivity index is 1.75. The zero-order valence-electron chi connectivity index (χ0n) is 15.9. The monoisotopic (exact) mass is 365 g/mol. The van der Waals surface area contributed by atoms with Crippen molar-refractivity contribution in [3.05, 3.63) is 65.7 Å². The maximum atomic E-state index is 13.7. The number of benzene rings is 2. The summed E-state index contributed by atoms with van der Waals surface area (Å²) < 4.78 is 12.1. The van der Waals surface area contributed by atoms with Crippen LogP contribution in [0.25, 0.3) is 0 Å². The van der Waals surface area contributed by atoms with Gasteiger partial charge in [-0.1, -0.05) is 48.5 Å². The van der Waals surface area contributed by atoms with Gasteiger partial charge in [-0.25, -0.2) is 0 Å². The lowest BCUT2D eigenvalue weighted by atomic mass is 9.71. The van der Waals surface area contributed by atoms with Crippen LogP contribution in [0.1, 0.15) is 36.8 Å². The Labute approximate surface area is 161 Å². The molecule has 0 radical (unpaired) electrons. The molecule has 0 bridgehead atoms. The van der Waals surface area contributed by atoms with Crippen LogP contribution in [0.5, 0.6) is 5.75 Å². The molecule has 2 aliphatic heterocycles. The number of rotatable bonds is 3. The molecule has 4 nitrogen and oxygen atoms in total. The van der Waals surface area contributed by atoms with Crippen molar-refractivity contribution in [1.29, 1.82) is 0 Å². The maximum absolute atomic E-state index is 13.7. The van der Waals surface area contributed by atoms with Crippen molar-refractivity contribution in [2.75, 3.05) is 26.7 Å². The molecular weight excluding hydrogens is 338 g/mol. The third-order valence-electron chi connectivity index (χ3n) is 5.85. The van der Waals surface area contributed by atoms with Gasteiger partial charge >= 0.3 is 5.97 Å². The van der Waals surface area contributed by atoms with E-state index in [1.54, 1.807) is 0 Å². The molecule has 2 aliphatic rings. The highest BCUT2D eigenvalue weighted by molar-refractivity contribution is 5.89. The number of nitrogens with zero attached hydrogens (tertiary/aromatic N) is 1. The van der Waals surface area contributed by atoms with Gasteiger partial charge in [-0.3, -0.25) is 4.79 Å². The largest absolute Gasteiger partial charge is 0.493 e. The summed E-state index contributed by atoms with van der Waals surface area (Å²) in [6, 6.07) is 18.0. The highest BCUT2D eigenvalue weighted by atomic mass is 16.5. The maximum Gasteiger partial charge on any atom is 0.321 e. The molecule has 4 rings (SSSR count). The fourth-order valence-electron chi connectivity index (χ4n) is 4.31. The van der Waals surface area contributed by atoms with Crippen LogP contribution >= 0.6 is 0 Å². The Bertz CT molecular complexity index is 783. The summed E-state index contributed by atoms with van der Waals surface area (Å²) in [5.41, 5.74) is 1.10. The molecule has 1 unspecified atom stereocenters. The molecule has 0 spiro atoms. The summed E-state index contributed by atoms with van der Waals surface area (Å²) in [7, 11) is 2.11. The van der Waals surface area contributed by atoms with Crippen molar-refractivity contribution in [1.82, 2.24) is 4.90 Å². The molecule has 2 aromatic carbocycles. The minimum Gasteiger partial charge on any atom is -0.493 e. The van der Waals surface area contributed by atoms with Gasteiger partial charge in [0.2, 0.25) is 0 Å². The number of piperidine rings is 1. The number of ether oxygens (including phenoxy) is 2. The van der Waals surface area contributed by atoms with Gasteiger partial charge in [0.1, 0.15) is 17.3 Å². The van der Waals surface area contributed by atoms with E-state index in [1.165, 1.54) is 0 Å². The standard InChI is InChI=1S/C23H27NO3/c1-24-15-12-19(13-16-24)27-22(25)23(18-8-3-2-4-9-18)14-7-17-26-21-11-6-5-10-20(21)23/h2-6,8-11,19H,7,12-17H2,1H3. The van der Waals surface area contributed by atoms with Crippen LogP contribution in [-0.4, -0.2) is 43.7 Å². The fraction of sp³-hybridized carbons (Fsp3) is 0.435. The zero-order chi connectivity index (χ0) is 18.7. The van der Waals surface area contributed by atoms with Crippen LogP contribution in [-0.2, 0) is 14.9 Å². The van der Waals surface area contributed by atoms with Gasteiger partial charge < -0.3 is 14.4 Å². The molecular formula is C23H27NO3. The first-order valence-corrected chi connectivity index (χ1v) is 9.87. The summed E-state index contributed by atoms with van der Waals surface area (Å²) in [4.78, 5) is 16.0. The number of para-hydroxylation sites is 1. The summed E-state index contributed by atoms with van der Waals surface area (Å²) in [5.74, 6) is 0.653. The predicted octanol–water partition coefficient (Wildman–Crippen LogP) is 3.78. The van der Waals surface area contributed by atoms with Crippen LogP contribution in [0.3, 0.4) is 0 Å². The van der Waals surface area contributed by atoms with E-state index in [9.17, 15) is 4.79 Å². The van der Waals surface area contributed by atoms with Crippen LogP contribution in [0, 0.1) is 0 Å². The summed E-state index contributed by atoms with van der Waals surface area (Å²) >= 11 is 0. The number of hydrogen-bond donors (Lipinski definition) is 0. The molecule has 0 aromatic heterocycles. The van der Waals surface area contributed by atoms with Crippen LogP contribution in [0.2, 0.25) is 0 Å². The predicted molar refractivity (Wildman–Crippen MR) is 105 cm³/mol. The molecule has 0 amide bonds. The topological polar surface area (TPSA) is 38.8 Å². The lowest BCUT2D eigenvalue weighted by Gasteiger charge is -2.35. The normalized spacial score (nSPS) is 23.7. The van der Waals surface area contributed by atoms with Gasteiger partial charge in [-0.05, 0) is 44.4 Å². The van der Waals surface area contributed by atoms with Gasteiger partial charge in [0.05, 0.1) is 6.61 Å². The van der Waals surface area contributed by atoms with Crippen molar-refractivity contribution < 1.29 is 14.3 Å². The van der Waals surface area contributed by atoms with E-state index >= 15 is 0 Å². The lowest BCUT2D eigenvalue weighted by molar-refractivity contribution is -0.157. The Morgan fingerprint density at radius 3 is 2.56 bits per heavy atom. The fourth-order valence-corrected chi connectivity index (χ4v) is 4.31. The van der Waals surface area contributed by atoms with Gasteiger partial charge in [0, 0.05) is 18.7 Å². The molecule has 1 fully saturated rings. The number of likely N-dealkylation sites (tertiary alicyclic amines) is 1. The second kappa shape index (κ2) is 7.73. The Kier molecular flexibility index (Phi) is 5.17. The van der Waals surface area contributed by atoms with Crippen LogP contribution in [0.15, 0.2) is 54.6 Å². The molecule has 0 aliphatic carbocycles. The van der Waals surface area contributed by atoms with E-state index in [4.69, 9.17) is 9.47 Å². The van der Waals surface area contributed by atoms with E-state index < -0.39 is 5.41 Å². The molecule has 142 valence electrons. The molecule has 2 aromatic rings. The van der Waals surface area contributed by atoms with E-state index in [0.717, 1.165) is 49.2 Å². The number of carbonyl (C=O) groups is 1. The van der Waals surface area contributed by atoms with Crippen molar-refractivity contribution in [2.45, 2.75) is 37.2 Å². The molecule has 0 N–H and O–H groups in total. The summed E-state index contributed by atoms with van der Waals surface area (Å²) in [5, 5.41) is 0. The van der Waals surface area contributed by atoms with Crippen molar-refractivity contribution in [3.63, 3.8) is 0 Å². The Hall–Kier alpha value is -2.33. The van der Waals surface area contributed by atoms with Gasteiger partial charge in [0.15, 0.2) is 0 Å². The zero-order valence-corrected chi connectivity index (χ0v) is 15.9. The average molecular weight is 365 g/mol. The second-order valence-corrected chi connectivity index (χ2v) is 7.63. The number of hydrogen-bond acceptors (Lipinski definition) is 4. The van der Waals surface area contributed by atoms with Gasteiger partial charge in [0.25, 0.3) is 0 Å². The molecule has 1 saturated heterocycles. The summed E-state index contributed by atoms with van der Waals surface area (Å²) in [6.07, 6.45) is 3.29. The smallest absolute Gasteiger partial charge is 0.321 e. The third-order valence-corrected chi connectivity index (χ3v) is 5.85. The van der Waals surface area contributed by atoms with Crippen molar-refractivity contribution >= 4 is 5.97 Å². The number of esters is 1. The summed E-state index contributed by atoms with van der Waals surface area (Å²) in [6.45, 7) is 2.55. The highest BCUT2D eigenvalue weighted by Gasteiger charge is 2.47. The molecule has 1 atom stereocenters. The Morgan fingerprint density at radius 1 is 1.07 bits per heavy atom. The SMILES string of the molecule is CN1CCC(OC(=O)C2(c3ccccc3)CCCOc3ccccc32)CC1. The van der Waals surface area contributed by atoms with E-state index in [-0.39, 0.29) is 12.1 Å². The quantitative estimate of drug-likeness (QED) is 0.776. The van der Waals surface area contributed by atoms with E-state index in [1.807, 2.05) is 54.6 Å². The van der Waals surface area contributed by atoms with Crippen LogP contribution in [0.4, 0.5) is 0 Å². The van der Waals surface area contributed by atoms with Gasteiger partial charge in [-0.2, -0.15) is 0 Å². The average Bonchev–Trinajstić information content (AvgIpc) is 2.91. The molecule has 0 saturated carbocycles.